The molecule has 4 atom stereocenters. The fraction of sp³-hybridized carbons (Fsp3) is 0.667. The van der Waals surface area contributed by atoms with Crippen molar-refractivity contribution in [2.45, 2.75) is 141 Å². The number of benzene rings is 2. The summed E-state index contributed by atoms with van der Waals surface area (Å²) >= 11 is 0. The summed E-state index contributed by atoms with van der Waals surface area (Å²) in [5, 5.41) is 20.9. The summed E-state index contributed by atoms with van der Waals surface area (Å²) in [6.45, 7) is 4.06. The van der Waals surface area contributed by atoms with Gasteiger partial charge in [-0.15, -0.1) is 0 Å². The zero-order valence-corrected chi connectivity index (χ0v) is 28.4. The number of hydrogen-bond acceptors (Lipinski definition) is 7. The Kier molecular flexibility index (Phi) is 20.8. The molecule has 0 amide bonds. The molecule has 0 aliphatic rings. The Bertz CT molecular complexity index is 925. The van der Waals surface area contributed by atoms with Gasteiger partial charge >= 0.3 is 8.25 Å². The summed E-state index contributed by atoms with van der Waals surface area (Å²) in [5.74, 6) is 0. The second-order valence-corrected chi connectivity index (χ2v) is 13.5. The van der Waals surface area contributed by atoms with Gasteiger partial charge in [-0.1, -0.05) is 127 Å². The highest BCUT2D eigenvalue weighted by Crippen LogP contribution is 2.25. The van der Waals surface area contributed by atoms with Gasteiger partial charge < -0.3 is 30.7 Å². The summed E-state index contributed by atoms with van der Waals surface area (Å²) in [6.07, 6.45) is 16.5. The van der Waals surface area contributed by atoms with E-state index in [1.165, 1.54) is 88.2 Å². The lowest BCUT2D eigenvalue weighted by molar-refractivity contribution is 0.0587. The molecule has 6 N–H and O–H groups in total. The Labute approximate surface area is 268 Å². The molecule has 0 heterocycles. The molecule has 0 spiro atoms. The van der Waals surface area contributed by atoms with Crippen LogP contribution >= 0.6 is 8.25 Å². The number of aliphatic hydroxyl groups excluding tert-OH is 2. The Morgan fingerprint density at radius 3 is 1.25 bits per heavy atom. The van der Waals surface area contributed by atoms with Crippen LogP contribution in [0.25, 0.3) is 0 Å². The largest absolute Gasteiger partial charge is 0.389 e. The third-order valence-corrected chi connectivity index (χ3v) is 9.16. The highest BCUT2D eigenvalue weighted by molar-refractivity contribution is 7.33. The molecule has 0 aliphatic heterocycles. The van der Waals surface area contributed by atoms with Crippen LogP contribution in [0.3, 0.4) is 0 Å². The van der Waals surface area contributed by atoms with Crippen molar-refractivity contribution in [1.82, 2.24) is 0 Å². The Balaban J connectivity index is 1.60. The van der Waals surface area contributed by atoms with Crippen molar-refractivity contribution in [3.05, 3.63) is 70.8 Å². The maximum absolute atomic E-state index is 12.2. The van der Waals surface area contributed by atoms with Crippen LogP contribution in [0, 0.1) is 0 Å². The average molecular weight is 633 g/mol. The van der Waals surface area contributed by atoms with E-state index in [-0.39, 0.29) is 13.2 Å². The van der Waals surface area contributed by atoms with Crippen LogP contribution in [0.5, 0.6) is 0 Å². The van der Waals surface area contributed by atoms with Crippen molar-refractivity contribution in [3.63, 3.8) is 0 Å². The van der Waals surface area contributed by atoms with Crippen molar-refractivity contribution in [2.24, 2.45) is 11.5 Å². The van der Waals surface area contributed by atoms with Crippen molar-refractivity contribution in [3.8, 4) is 0 Å². The van der Waals surface area contributed by atoms with Gasteiger partial charge in [0.25, 0.3) is 0 Å². The molecule has 44 heavy (non-hydrogen) atoms. The summed E-state index contributed by atoms with van der Waals surface area (Å²) < 4.78 is 22.7. The Morgan fingerprint density at radius 2 is 0.886 bits per heavy atom. The molecule has 0 aliphatic carbocycles. The fourth-order valence-corrected chi connectivity index (χ4v) is 6.01. The maximum atomic E-state index is 12.2. The van der Waals surface area contributed by atoms with Crippen LogP contribution in [0.2, 0.25) is 0 Å². The molecule has 250 valence electrons. The summed E-state index contributed by atoms with van der Waals surface area (Å²) in [6, 6.07) is 15.6. The summed E-state index contributed by atoms with van der Waals surface area (Å²) in [7, 11) is -2.91. The van der Waals surface area contributed by atoms with Gasteiger partial charge in [0.2, 0.25) is 0 Å². The van der Waals surface area contributed by atoms with Crippen LogP contribution in [0.15, 0.2) is 48.5 Å². The molecule has 0 fully saturated rings. The van der Waals surface area contributed by atoms with Gasteiger partial charge in [0, 0.05) is 12.1 Å². The highest BCUT2D eigenvalue weighted by atomic mass is 31.1. The molecule has 0 aromatic heterocycles. The zero-order valence-electron chi connectivity index (χ0n) is 27.4. The first-order valence-corrected chi connectivity index (χ1v) is 18.4. The van der Waals surface area contributed by atoms with Crippen LogP contribution in [-0.2, 0) is 39.3 Å². The molecule has 2 rings (SSSR count). The van der Waals surface area contributed by atoms with E-state index in [0.717, 1.165) is 24.0 Å². The van der Waals surface area contributed by atoms with Crippen molar-refractivity contribution < 1.29 is 23.8 Å². The zero-order chi connectivity index (χ0) is 32.0. The molecular weight excluding hydrogens is 571 g/mol. The lowest BCUT2D eigenvalue weighted by atomic mass is 9.99. The van der Waals surface area contributed by atoms with E-state index < -0.39 is 32.5 Å². The number of nitrogens with two attached hydrogens (primary N) is 2. The molecule has 2 aromatic rings. The van der Waals surface area contributed by atoms with E-state index in [1.54, 1.807) is 0 Å². The van der Waals surface area contributed by atoms with Gasteiger partial charge in [-0.2, -0.15) is 0 Å². The molecule has 0 saturated carbocycles. The van der Waals surface area contributed by atoms with Crippen molar-refractivity contribution >= 4 is 8.25 Å². The van der Waals surface area contributed by atoms with Crippen molar-refractivity contribution in [2.75, 3.05) is 13.2 Å². The summed E-state index contributed by atoms with van der Waals surface area (Å²) in [4.78, 5) is 0. The van der Waals surface area contributed by atoms with Gasteiger partial charge in [-0.05, 0) is 60.8 Å². The first kappa shape index (κ1) is 38.6. The normalized spacial score (nSPS) is 15.1. The van der Waals surface area contributed by atoms with Crippen LogP contribution < -0.4 is 11.5 Å². The van der Waals surface area contributed by atoms with Crippen molar-refractivity contribution in [1.29, 1.82) is 0 Å². The standard InChI is InChI=1S/C36H61N2O5P/c1-3-5-7-9-11-13-15-29-17-21-31(22-18-29)25-33(37)35(39)27-42-44(41)43-28-36(40)34(38)26-32-23-19-30(20-24-32)16-14-12-10-8-6-4-2/h17-24,33-36,39-40,44H,3-16,25-28,37-38H2,1-2H3. The smallest absolute Gasteiger partial charge is 0.319 e. The number of rotatable bonds is 26. The summed E-state index contributed by atoms with van der Waals surface area (Å²) in [5.41, 5.74) is 17.1. The van der Waals surface area contributed by atoms with Crippen LogP contribution in [0.1, 0.15) is 113 Å². The minimum Gasteiger partial charge on any atom is -0.389 e. The van der Waals surface area contributed by atoms with Gasteiger partial charge in [-0.25, -0.2) is 0 Å². The Morgan fingerprint density at radius 1 is 0.568 bits per heavy atom. The van der Waals surface area contributed by atoms with E-state index >= 15 is 0 Å². The van der Waals surface area contributed by atoms with Crippen LogP contribution in [-0.4, -0.2) is 47.7 Å². The van der Waals surface area contributed by atoms with Gasteiger partial charge in [0.1, 0.15) is 0 Å². The molecule has 4 unspecified atom stereocenters. The second kappa shape index (κ2) is 23.7. The fourth-order valence-electron chi connectivity index (χ4n) is 5.32. The third-order valence-electron chi connectivity index (χ3n) is 8.36. The van der Waals surface area contributed by atoms with E-state index in [2.05, 4.69) is 62.4 Å². The molecule has 0 saturated heterocycles. The van der Waals surface area contributed by atoms with E-state index in [0.29, 0.717) is 12.8 Å². The SMILES string of the molecule is CCCCCCCCc1ccc(CC(N)C(O)CO[PH](=O)OCC(O)C(N)Cc2ccc(CCCCCCCC)cc2)cc1. The van der Waals surface area contributed by atoms with Gasteiger partial charge in [0.15, 0.2) is 0 Å². The maximum Gasteiger partial charge on any atom is 0.319 e. The molecule has 2 aromatic carbocycles. The number of aryl methyl sites for hydroxylation is 2. The number of hydrogen-bond donors (Lipinski definition) is 4. The minimum atomic E-state index is -2.91. The van der Waals surface area contributed by atoms with E-state index in [4.69, 9.17) is 20.5 Å². The highest BCUT2D eigenvalue weighted by Gasteiger charge is 2.20. The lowest BCUT2D eigenvalue weighted by Gasteiger charge is -2.20. The molecule has 8 heteroatoms. The molecular formula is C36H61N2O5P. The van der Waals surface area contributed by atoms with E-state index in [9.17, 15) is 14.8 Å². The van der Waals surface area contributed by atoms with Crippen LogP contribution in [0.4, 0.5) is 0 Å². The monoisotopic (exact) mass is 632 g/mol. The van der Waals surface area contributed by atoms with E-state index in [1.807, 2.05) is 0 Å². The quantitative estimate of drug-likeness (QED) is 0.0645. The second-order valence-electron chi connectivity index (χ2n) is 12.4. The first-order valence-electron chi connectivity index (χ1n) is 17.1. The Hall–Kier alpha value is -1.57. The number of aliphatic hydroxyl groups is 2. The average Bonchev–Trinajstić information content (AvgIpc) is 3.03. The first-order chi connectivity index (χ1) is 21.3. The molecule has 7 nitrogen and oxygen atoms in total. The topological polar surface area (TPSA) is 128 Å². The third kappa shape index (κ3) is 17.2. The lowest BCUT2D eigenvalue weighted by Crippen LogP contribution is -2.40. The molecule has 0 bridgehead atoms. The number of unbranched alkanes of at least 4 members (excludes halogenated alkanes) is 10. The predicted molar refractivity (Wildman–Crippen MR) is 183 cm³/mol. The molecule has 0 radical (unpaired) electrons. The van der Waals surface area contributed by atoms with Gasteiger partial charge in [0.05, 0.1) is 25.4 Å². The predicted octanol–water partition coefficient (Wildman–Crippen LogP) is 7.08. The van der Waals surface area contributed by atoms with Gasteiger partial charge in [-0.3, -0.25) is 4.57 Å². The minimum absolute atomic E-state index is 0.206.